The van der Waals surface area contributed by atoms with Gasteiger partial charge in [-0.1, -0.05) is 13.8 Å². The number of carbonyl (C=O) groups excluding carboxylic acids is 1. The summed E-state index contributed by atoms with van der Waals surface area (Å²) in [6.45, 7) is 5.69. The van der Waals surface area contributed by atoms with Crippen LogP contribution in [-0.4, -0.2) is 33.2 Å². The van der Waals surface area contributed by atoms with Gasteiger partial charge in [0.05, 0.1) is 11.9 Å². The molecule has 1 N–H and O–H groups in total. The van der Waals surface area contributed by atoms with Gasteiger partial charge in [-0.2, -0.15) is 0 Å². The zero-order valence-electron chi connectivity index (χ0n) is 12.6. The van der Waals surface area contributed by atoms with Crippen LogP contribution in [0.15, 0.2) is 24.3 Å². The molecule has 1 aromatic rings. The third kappa shape index (κ3) is 5.82. The number of anilines is 1. The molecule has 0 saturated heterocycles. The number of rotatable bonds is 6. The first-order chi connectivity index (χ1) is 9.61. The largest absolute Gasteiger partial charge is 0.352 e. The molecule has 0 aliphatic rings. The fourth-order valence-electron chi connectivity index (χ4n) is 1.60. The third-order valence-corrected chi connectivity index (χ3v) is 5.05. The molecular weight excluding hydrogens is 403 g/mol. The van der Waals surface area contributed by atoms with Crippen molar-refractivity contribution in [2.75, 3.05) is 17.1 Å². The molecule has 5 nitrogen and oxygen atoms in total. The van der Waals surface area contributed by atoms with Crippen LogP contribution in [0.1, 0.15) is 20.8 Å². The molecule has 0 aliphatic carbocycles. The molecule has 0 aromatic heterocycles. The smallest absolute Gasteiger partial charge is 0.240 e. The van der Waals surface area contributed by atoms with Crippen LogP contribution in [0.25, 0.3) is 0 Å². The second-order valence-corrected chi connectivity index (χ2v) is 8.50. The molecule has 0 fully saturated rings. The molecule has 118 valence electrons. The molecule has 0 aliphatic heterocycles. The van der Waals surface area contributed by atoms with Gasteiger partial charge in [0, 0.05) is 9.61 Å². The number of hydrogen-bond acceptors (Lipinski definition) is 3. The summed E-state index contributed by atoms with van der Waals surface area (Å²) < 4.78 is 26.0. The second kappa shape index (κ2) is 7.44. The van der Waals surface area contributed by atoms with E-state index in [1.807, 2.05) is 32.9 Å². The monoisotopic (exact) mass is 424 g/mol. The summed E-state index contributed by atoms with van der Waals surface area (Å²) in [5, 5.41) is 2.82. The van der Waals surface area contributed by atoms with Gasteiger partial charge in [0.1, 0.15) is 6.54 Å². The van der Waals surface area contributed by atoms with Gasteiger partial charge in [-0.15, -0.1) is 0 Å². The van der Waals surface area contributed by atoms with E-state index in [9.17, 15) is 13.2 Å². The number of nitrogens with zero attached hydrogens (tertiary/aromatic N) is 1. The molecule has 1 atom stereocenters. The summed E-state index contributed by atoms with van der Waals surface area (Å²) >= 11 is 2.14. The van der Waals surface area contributed by atoms with Crippen molar-refractivity contribution in [2.45, 2.75) is 26.8 Å². The van der Waals surface area contributed by atoms with Gasteiger partial charge in [0.2, 0.25) is 15.9 Å². The molecule has 0 heterocycles. The average molecular weight is 424 g/mol. The Bertz CT molecular complexity index is 585. The van der Waals surface area contributed by atoms with Gasteiger partial charge < -0.3 is 5.32 Å². The number of hydrogen-bond donors (Lipinski definition) is 1. The molecule has 0 saturated carbocycles. The van der Waals surface area contributed by atoms with Crippen LogP contribution in [0.4, 0.5) is 5.69 Å². The first-order valence-electron chi connectivity index (χ1n) is 6.64. The number of carbonyl (C=O) groups is 1. The summed E-state index contributed by atoms with van der Waals surface area (Å²) in [4.78, 5) is 12.0. The van der Waals surface area contributed by atoms with Crippen LogP contribution in [-0.2, 0) is 14.8 Å². The van der Waals surface area contributed by atoms with Gasteiger partial charge in [0.25, 0.3) is 0 Å². The maximum absolute atomic E-state index is 12.0. The minimum atomic E-state index is -3.51. The van der Waals surface area contributed by atoms with Crippen LogP contribution in [0.2, 0.25) is 0 Å². The highest BCUT2D eigenvalue weighted by atomic mass is 127. The molecule has 0 unspecified atom stereocenters. The number of halogens is 1. The summed E-state index contributed by atoms with van der Waals surface area (Å²) in [5.74, 6) is -0.0147. The standard InChI is InChI=1S/C14H21IN2O3S/c1-10(2)11(3)16-14(18)9-17(21(4,19)20)13-7-5-12(15)6-8-13/h5-8,10-11H,9H2,1-4H3,(H,16,18)/t11-/m0/s1. The predicted molar refractivity (Wildman–Crippen MR) is 93.8 cm³/mol. The van der Waals surface area contributed by atoms with E-state index in [-0.39, 0.29) is 18.5 Å². The van der Waals surface area contributed by atoms with E-state index in [0.717, 1.165) is 14.1 Å². The second-order valence-electron chi connectivity index (χ2n) is 5.35. The Morgan fingerprint density at radius 2 is 1.76 bits per heavy atom. The highest BCUT2D eigenvalue weighted by Gasteiger charge is 2.22. The van der Waals surface area contributed by atoms with Crippen LogP contribution >= 0.6 is 22.6 Å². The van der Waals surface area contributed by atoms with Crippen LogP contribution in [0.5, 0.6) is 0 Å². The molecule has 21 heavy (non-hydrogen) atoms. The topological polar surface area (TPSA) is 66.5 Å². The Morgan fingerprint density at radius 1 is 1.24 bits per heavy atom. The van der Waals surface area contributed by atoms with E-state index in [4.69, 9.17) is 0 Å². The van der Waals surface area contributed by atoms with Crippen molar-refractivity contribution in [1.29, 1.82) is 0 Å². The van der Waals surface area contributed by atoms with E-state index in [0.29, 0.717) is 11.6 Å². The van der Waals surface area contributed by atoms with Crippen molar-refractivity contribution in [2.24, 2.45) is 5.92 Å². The highest BCUT2D eigenvalue weighted by molar-refractivity contribution is 14.1. The van der Waals surface area contributed by atoms with Gasteiger partial charge in [-0.05, 0) is 59.7 Å². The number of benzene rings is 1. The Hall–Kier alpha value is -0.830. The Kier molecular flexibility index (Phi) is 6.45. The highest BCUT2D eigenvalue weighted by Crippen LogP contribution is 2.18. The number of sulfonamides is 1. The van der Waals surface area contributed by atoms with Gasteiger partial charge in [0.15, 0.2) is 0 Å². The quantitative estimate of drug-likeness (QED) is 0.713. The van der Waals surface area contributed by atoms with E-state index in [1.165, 1.54) is 0 Å². The third-order valence-electron chi connectivity index (χ3n) is 3.19. The molecular formula is C14H21IN2O3S. The molecule has 0 radical (unpaired) electrons. The Labute approximate surface area is 140 Å². The van der Waals surface area contributed by atoms with E-state index >= 15 is 0 Å². The van der Waals surface area contributed by atoms with Gasteiger partial charge in [-0.25, -0.2) is 8.42 Å². The molecule has 1 amide bonds. The Morgan fingerprint density at radius 3 is 2.19 bits per heavy atom. The van der Waals surface area contributed by atoms with Crippen molar-refractivity contribution in [1.82, 2.24) is 5.32 Å². The molecule has 1 aromatic carbocycles. The number of nitrogens with one attached hydrogen (secondary N) is 1. The van der Waals surface area contributed by atoms with Crippen LogP contribution in [0, 0.1) is 9.49 Å². The lowest BCUT2D eigenvalue weighted by molar-refractivity contribution is -0.120. The fraction of sp³-hybridized carbons (Fsp3) is 0.500. The van der Waals surface area contributed by atoms with Crippen molar-refractivity contribution in [3.05, 3.63) is 27.8 Å². The first-order valence-corrected chi connectivity index (χ1v) is 9.56. The molecule has 0 spiro atoms. The molecule has 7 heteroatoms. The fourth-order valence-corrected chi connectivity index (χ4v) is 2.82. The summed E-state index contributed by atoms with van der Waals surface area (Å²) in [7, 11) is -3.51. The lowest BCUT2D eigenvalue weighted by atomic mass is 10.1. The van der Waals surface area contributed by atoms with Crippen molar-refractivity contribution in [3.63, 3.8) is 0 Å². The molecule has 0 bridgehead atoms. The van der Waals surface area contributed by atoms with Crippen molar-refractivity contribution >= 4 is 44.2 Å². The minimum absolute atomic E-state index is 0.00404. The predicted octanol–water partition coefficient (Wildman–Crippen LogP) is 2.22. The molecule has 1 rings (SSSR count). The maximum atomic E-state index is 12.0. The van der Waals surface area contributed by atoms with Crippen molar-refractivity contribution < 1.29 is 13.2 Å². The van der Waals surface area contributed by atoms with Crippen LogP contribution in [0.3, 0.4) is 0 Å². The lowest BCUT2D eigenvalue weighted by Crippen LogP contribution is -2.44. The summed E-state index contributed by atoms with van der Waals surface area (Å²) in [6, 6.07) is 7.01. The van der Waals surface area contributed by atoms with Gasteiger partial charge >= 0.3 is 0 Å². The number of amides is 1. The van der Waals surface area contributed by atoms with Crippen molar-refractivity contribution in [3.8, 4) is 0 Å². The normalized spacial score (nSPS) is 13.0. The lowest BCUT2D eigenvalue weighted by Gasteiger charge is -2.24. The summed E-state index contributed by atoms with van der Waals surface area (Å²) in [6.07, 6.45) is 1.10. The van der Waals surface area contributed by atoms with Gasteiger partial charge in [-0.3, -0.25) is 9.10 Å². The van der Waals surface area contributed by atoms with Crippen LogP contribution < -0.4 is 9.62 Å². The Balaban J connectivity index is 2.91. The minimum Gasteiger partial charge on any atom is -0.352 e. The van der Waals surface area contributed by atoms with E-state index < -0.39 is 10.0 Å². The maximum Gasteiger partial charge on any atom is 0.240 e. The van der Waals surface area contributed by atoms with E-state index in [1.54, 1.807) is 12.1 Å². The summed E-state index contributed by atoms with van der Waals surface area (Å²) in [5.41, 5.74) is 0.491. The average Bonchev–Trinajstić information content (AvgIpc) is 2.35. The zero-order chi connectivity index (χ0) is 16.2. The zero-order valence-corrected chi connectivity index (χ0v) is 15.6. The first kappa shape index (κ1) is 18.2. The SMILES string of the molecule is CC(C)[C@H](C)NC(=O)CN(c1ccc(I)cc1)S(C)(=O)=O. The van der Waals surface area contributed by atoms with E-state index in [2.05, 4.69) is 27.9 Å².